The Labute approximate surface area is 89.2 Å². The van der Waals surface area contributed by atoms with Gasteiger partial charge in [0.1, 0.15) is 0 Å². The molecule has 1 aromatic heterocycles. The van der Waals surface area contributed by atoms with Crippen molar-refractivity contribution in [2.75, 3.05) is 0 Å². The van der Waals surface area contributed by atoms with Crippen molar-refractivity contribution in [3.05, 3.63) is 0 Å². The molecule has 0 spiro atoms. The third-order valence-electron chi connectivity index (χ3n) is 4.43. The second-order valence-electron chi connectivity index (χ2n) is 5.10. The third-order valence-corrected chi connectivity index (χ3v) is 4.43. The van der Waals surface area contributed by atoms with Crippen LogP contribution in [0.15, 0.2) is 0 Å². The van der Waals surface area contributed by atoms with Crippen molar-refractivity contribution in [3.63, 3.8) is 0 Å². The summed E-state index contributed by atoms with van der Waals surface area (Å²) in [5.41, 5.74) is 0.340. The van der Waals surface area contributed by atoms with Crippen LogP contribution in [0.3, 0.4) is 0 Å². The summed E-state index contributed by atoms with van der Waals surface area (Å²) in [6.45, 7) is 0. The van der Waals surface area contributed by atoms with E-state index in [0.717, 1.165) is 5.92 Å². The van der Waals surface area contributed by atoms with E-state index in [9.17, 15) is 0 Å². The van der Waals surface area contributed by atoms with Gasteiger partial charge in [-0.15, -0.1) is 0 Å². The number of nitrogens with one attached hydrogen (secondary N) is 4. The molecule has 4 N–H and O–H groups in total. The molecule has 2 aliphatic carbocycles. The number of aromatic amines is 4. The lowest BCUT2D eigenvalue weighted by Crippen LogP contribution is -2.39. The van der Waals surface area contributed by atoms with Crippen molar-refractivity contribution < 1.29 is 0 Å². The monoisotopic (exact) mass is 211 g/mol. The average Bonchev–Trinajstić information content (AvgIpc) is 3.02. The minimum Gasteiger partial charge on any atom is -0.213 e. The van der Waals surface area contributed by atoms with Gasteiger partial charge in [0.15, 0.2) is 0 Å². The molecule has 0 atom stereocenters. The predicted octanol–water partition coefficient (Wildman–Crippen LogP) is 2.38. The Morgan fingerprint density at radius 1 is 0.867 bits per heavy atom. The zero-order valence-electron chi connectivity index (χ0n) is 9.18. The maximum Gasteiger partial charge on any atom is 0.0838 e. The van der Waals surface area contributed by atoms with Gasteiger partial charge in [-0.05, 0) is 31.6 Å². The number of nitrogens with zero attached hydrogens (tertiary/aromatic N) is 1. The number of hydrogen-bond acceptors (Lipinski definition) is 0. The molecule has 5 nitrogen and oxygen atoms in total. The summed E-state index contributed by atoms with van der Waals surface area (Å²) in [5, 5.41) is 12.2. The van der Waals surface area contributed by atoms with Crippen molar-refractivity contribution in [2.45, 2.75) is 56.9 Å². The second-order valence-corrected chi connectivity index (χ2v) is 5.10. The van der Waals surface area contributed by atoms with E-state index in [0.29, 0.717) is 5.54 Å². The average molecular weight is 211 g/mol. The molecule has 0 bridgehead atoms. The fourth-order valence-corrected chi connectivity index (χ4v) is 3.68. The highest BCUT2D eigenvalue weighted by Gasteiger charge is 2.44. The number of H-pyrrole nitrogens is 4. The van der Waals surface area contributed by atoms with Crippen LogP contribution >= 0.6 is 0 Å². The van der Waals surface area contributed by atoms with Crippen LogP contribution in [0.1, 0.15) is 51.4 Å². The van der Waals surface area contributed by atoms with E-state index in [1.54, 1.807) is 0 Å². The lowest BCUT2D eigenvalue weighted by atomic mass is 9.81. The van der Waals surface area contributed by atoms with Crippen LogP contribution in [0, 0.1) is 5.92 Å². The summed E-state index contributed by atoms with van der Waals surface area (Å²) >= 11 is 0. The lowest BCUT2D eigenvalue weighted by Gasteiger charge is -2.35. The van der Waals surface area contributed by atoms with Crippen LogP contribution in [0.25, 0.3) is 0 Å². The largest absolute Gasteiger partial charge is 0.213 e. The van der Waals surface area contributed by atoms with Crippen molar-refractivity contribution in [2.24, 2.45) is 5.92 Å². The fraction of sp³-hybridized carbons (Fsp3) is 1.00. The molecule has 0 aliphatic heterocycles. The topological polar surface area (TPSA) is 68.1 Å². The first-order valence-corrected chi connectivity index (χ1v) is 6.23. The van der Waals surface area contributed by atoms with Crippen LogP contribution in [0.2, 0.25) is 0 Å². The molecule has 1 aromatic rings. The third kappa shape index (κ3) is 1.36. The molecule has 1 heterocycles. The molecule has 15 heavy (non-hydrogen) atoms. The molecule has 0 radical (unpaired) electrons. The van der Waals surface area contributed by atoms with Crippen molar-refractivity contribution in [3.8, 4) is 0 Å². The number of hydrogen-bond donors (Lipinski definition) is 4. The Hall–Kier alpha value is -1.00. The normalized spacial score (nSPS) is 26.1. The highest BCUT2D eigenvalue weighted by Crippen LogP contribution is 2.47. The maximum atomic E-state index is 3.18. The second kappa shape index (κ2) is 3.54. The Morgan fingerprint density at radius 3 is 2.07 bits per heavy atom. The molecule has 2 saturated carbocycles. The Balaban J connectivity index is 1.94. The minimum absolute atomic E-state index is 0.340. The van der Waals surface area contributed by atoms with E-state index in [4.69, 9.17) is 0 Å². The predicted molar refractivity (Wildman–Crippen MR) is 57.9 cm³/mol. The molecule has 86 valence electrons. The van der Waals surface area contributed by atoms with Gasteiger partial charge in [-0.1, -0.05) is 25.7 Å². The molecule has 0 aromatic carbocycles. The van der Waals surface area contributed by atoms with Gasteiger partial charge >= 0.3 is 0 Å². The SMILES string of the molecule is C1CCC(C2(n3[nH][nH][nH][nH]3)CCCC2)C1. The van der Waals surface area contributed by atoms with Crippen LogP contribution in [0.4, 0.5) is 0 Å². The molecule has 2 aliphatic rings. The van der Waals surface area contributed by atoms with Crippen molar-refractivity contribution >= 4 is 0 Å². The van der Waals surface area contributed by atoms with Gasteiger partial charge in [-0.3, -0.25) is 0 Å². The minimum atomic E-state index is 0.340. The highest BCUT2D eigenvalue weighted by atomic mass is 15.7. The van der Waals surface area contributed by atoms with Gasteiger partial charge in [0.25, 0.3) is 0 Å². The lowest BCUT2D eigenvalue weighted by molar-refractivity contribution is 0.130. The standard InChI is InChI=1S/C10H21N5/c1-2-6-9(5-1)10(7-3-4-8-10)15-13-11-12-14-15/h9,11-14H,1-8H2. The van der Waals surface area contributed by atoms with E-state index >= 15 is 0 Å². The molecule has 3 rings (SSSR count). The Bertz CT molecular complexity index is 309. The van der Waals surface area contributed by atoms with Gasteiger partial charge in [-0.25, -0.2) is 20.9 Å². The number of rotatable bonds is 2. The summed E-state index contributed by atoms with van der Waals surface area (Å²) < 4.78 is 0. The summed E-state index contributed by atoms with van der Waals surface area (Å²) in [7, 11) is 0. The van der Waals surface area contributed by atoms with Crippen LogP contribution < -0.4 is 0 Å². The van der Waals surface area contributed by atoms with Gasteiger partial charge < -0.3 is 0 Å². The van der Waals surface area contributed by atoms with E-state index in [-0.39, 0.29) is 0 Å². The van der Waals surface area contributed by atoms with Gasteiger partial charge in [0.2, 0.25) is 0 Å². The van der Waals surface area contributed by atoms with Gasteiger partial charge in [-0.2, -0.15) is 4.80 Å². The summed E-state index contributed by atoms with van der Waals surface area (Å²) in [6, 6.07) is 0. The van der Waals surface area contributed by atoms with Crippen LogP contribution in [-0.2, 0) is 5.54 Å². The molecular formula is C10H21N5. The quantitative estimate of drug-likeness (QED) is 0.580. The Kier molecular flexibility index (Phi) is 2.18. The van der Waals surface area contributed by atoms with Gasteiger partial charge in [0, 0.05) is 0 Å². The van der Waals surface area contributed by atoms with Crippen LogP contribution in [-0.4, -0.2) is 25.7 Å². The first-order valence-electron chi connectivity index (χ1n) is 6.23. The van der Waals surface area contributed by atoms with Crippen molar-refractivity contribution in [1.29, 1.82) is 0 Å². The van der Waals surface area contributed by atoms with Crippen LogP contribution in [0.5, 0.6) is 0 Å². The fourth-order valence-electron chi connectivity index (χ4n) is 3.68. The molecule has 0 unspecified atom stereocenters. The molecule has 5 heteroatoms. The molecular weight excluding hydrogens is 190 g/mol. The van der Waals surface area contributed by atoms with E-state index in [1.165, 1.54) is 51.4 Å². The number of aromatic nitrogens is 5. The summed E-state index contributed by atoms with van der Waals surface area (Å²) in [4.78, 5) is 2.18. The van der Waals surface area contributed by atoms with Crippen molar-refractivity contribution in [1.82, 2.24) is 25.7 Å². The Morgan fingerprint density at radius 2 is 1.47 bits per heavy atom. The molecule has 2 fully saturated rings. The first kappa shape index (κ1) is 9.24. The smallest absolute Gasteiger partial charge is 0.0838 e. The summed E-state index contributed by atoms with van der Waals surface area (Å²) in [5.74, 6) is 0.863. The van der Waals surface area contributed by atoms with E-state index in [2.05, 4.69) is 25.7 Å². The van der Waals surface area contributed by atoms with Gasteiger partial charge in [0.05, 0.1) is 5.54 Å². The first-order chi connectivity index (χ1) is 7.42. The van der Waals surface area contributed by atoms with E-state index in [1.807, 2.05) is 0 Å². The maximum absolute atomic E-state index is 3.18. The molecule has 0 saturated heterocycles. The summed E-state index contributed by atoms with van der Waals surface area (Å²) in [6.07, 6.45) is 11.0. The highest BCUT2D eigenvalue weighted by molar-refractivity contribution is 4.94. The van der Waals surface area contributed by atoms with E-state index < -0.39 is 0 Å². The zero-order valence-corrected chi connectivity index (χ0v) is 9.18. The zero-order chi connectivity index (χ0) is 10.1. The molecule has 0 amide bonds.